The Hall–Kier alpha value is -2.58. The topological polar surface area (TPSA) is 117 Å². The molecule has 3 N–H and O–H groups in total. The zero-order valence-electron chi connectivity index (χ0n) is 33.9. The van der Waals surface area contributed by atoms with Crippen molar-refractivity contribution in [3.8, 4) is 0 Å². The van der Waals surface area contributed by atoms with E-state index in [-0.39, 0.29) is 38.8 Å². The Morgan fingerprint density at radius 1 is 0.574 bits per heavy atom. The lowest BCUT2D eigenvalue weighted by atomic mass is 10.1. The highest BCUT2D eigenvalue weighted by Crippen LogP contribution is 2.43. The lowest BCUT2D eigenvalue weighted by molar-refractivity contribution is -0.154. The molecule has 2 atom stereocenters. The summed E-state index contributed by atoms with van der Waals surface area (Å²) >= 11 is 0. The predicted octanol–water partition coefficient (Wildman–Crippen LogP) is 12.3. The van der Waals surface area contributed by atoms with E-state index in [0.717, 1.165) is 116 Å². The third-order valence-electron chi connectivity index (χ3n) is 7.97. The first-order chi connectivity index (χ1) is 26.4. The third-order valence-corrected chi connectivity index (χ3v) is 8.95. The average molecular weight is 774 g/mol. The Morgan fingerprint density at radius 3 is 1.56 bits per heavy atom. The second-order valence-electron chi connectivity index (χ2n) is 13.1. The zero-order valence-corrected chi connectivity index (χ0v) is 34.8. The standard InChI is InChI=1S/C45H76NO7P/c1-3-5-7-9-11-13-15-17-18-19-20-21-22-23-24-25-27-29-31-33-35-37-40-50-42-44(43-52-54(48,49)51-41-39-46)53-45(47)38-36-34-32-30-28-26-16-14-12-10-8-6-4-2/h5,7-8,10-11,13-14,16-18,20-21,23-24,27,29,44H,3-4,6,9,12,15,19,22,25-26,28,30-43,46H2,1-2H3,(H,48,49)/b7-5-,10-8-,13-11-,16-14-,18-17-,21-20-,24-23-,29-27-. The Kier molecular flexibility index (Phi) is 39.6. The van der Waals surface area contributed by atoms with Crippen molar-refractivity contribution in [1.82, 2.24) is 0 Å². The summed E-state index contributed by atoms with van der Waals surface area (Å²) < 4.78 is 33.3. The number of carbonyl (C=O) groups excluding carboxylic acids is 1. The number of phosphoric acid groups is 1. The maximum absolute atomic E-state index is 12.5. The second kappa shape index (κ2) is 41.6. The first-order valence-corrected chi connectivity index (χ1v) is 22.2. The molecular formula is C45H76NO7P. The van der Waals surface area contributed by atoms with E-state index in [2.05, 4.69) is 111 Å². The van der Waals surface area contributed by atoms with E-state index in [0.29, 0.717) is 6.61 Å². The molecule has 0 bridgehead atoms. The molecule has 0 saturated carbocycles. The molecule has 2 unspecified atom stereocenters. The van der Waals surface area contributed by atoms with E-state index in [1.807, 2.05) is 0 Å². The molecule has 0 rings (SSSR count). The van der Waals surface area contributed by atoms with Crippen LogP contribution in [-0.2, 0) is 27.9 Å². The van der Waals surface area contributed by atoms with E-state index in [9.17, 15) is 14.3 Å². The van der Waals surface area contributed by atoms with Crippen LogP contribution in [0.15, 0.2) is 97.2 Å². The van der Waals surface area contributed by atoms with Gasteiger partial charge in [-0.2, -0.15) is 0 Å². The quantitative estimate of drug-likeness (QED) is 0.0276. The predicted molar refractivity (Wildman–Crippen MR) is 228 cm³/mol. The SMILES string of the molecule is CC/C=C\C/C=C\C/C=C\C/C=C\C/C=C\C/C=C\CCCCCOCC(COP(=O)(O)OCCN)OC(=O)CCCCCCC/C=C\C/C=C\CCC. The summed E-state index contributed by atoms with van der Waals surface area (Å²) in [6, 6.07) is 0. The average Bonchev–Trinajstić information content (AvgIpc) is 3.16. The Morgan fingerprint density at radius 2 is 1.04 bits per heavy atom. The molecule has 0 spiro atoms. The number of phosphoric ester groups is 1. The molecule has 9 heteroatoms. The number of ether oxygens (including phenoxy) is 2. The van der Waals surface area contributed by atoms with Crippen molar-refractivity contribution >= 4 is 13.8 Å². The van der Waals surface area contributed by atoms with Crippen molar-refractivity contribution in [2.24, 2.45) is 5.73 Å². The van der Waals surface area contributed by atoms with Crippen molar-refractivity contribution in [2.75, 3.05) is 33.0 Å². The van der Waals surface area contributed by atoms with Gasteiger partial charge in [0.1, 0.15) is 6.10 Å². The first-order valence-electron chi connectivity index (χ1n) is 20.7. The summed E-state index contributed by atoms with van der Waals surface area (Å²) in [5, 5.41) is 0. The molecule has 54 heavy (non-hydrogen) atoms. The van der Waals surface area contributed by atoms with Crippen LogP contribution in [0.3, 0.4) is 0 Å². The fourth-order valence-corrected chi connectivity index (χ4v) is 5.74. The smallest absolute Gasteiger partial charge is 0.457 e. The van der Waals surface area contributed by atoms with Crippen molar-refractivity contribution in [1.29, 1.82) is 0 Å². The lowest BCUT2D eigenvalue weighted by Crippen LogP contribution is -2.28. The molecule has 0 heterocycles. The minimum Gasteiger partial charge on any atom is -0.457 e. The number of allylic oxidation sites excluding steroid dienone is 16. The molecule has 8 nitrogen and oxygen atoms in total. The van der Waals surface area contributed by atoms with Crippen LogP contribution in [0.5, 0.6) is 0 Å². The van der Waals surface area contributed by atoms with Crippen LogP contribution in [-0.4, -0.2) is 49.9 Å². The number of carbonyl (C=O) groups is 1. The van der Waals surface area contributed by atoms with Crippen LogP contribution in [0.1, 0.15) is 142 Å². The Labute approximate surface area is 330 Å². The minimum absolute atomic E-state index is 0.0810. The van der Waals surface area contributed by atoms with Gasteiger partial charge in [-0.15, -0.1) is 0 Å². The van der Waals surface area contributed by atoms with E-state index in [4.69, 9.17) is 24.3 Å². The van der Waals surface area contributed by atoms with Gasteiger partial charge in [-0.05, 0) is 89.9 Å². The molecule has 0 aliphatic heterocycles. The van der Waals surface area contributed by atoms with Gasteiger partial charge in [-0.1, -0.05) is 143 Å². The number of rotatable bonds is 38. The molecule has 0 aliphatic rings. The van der Waals surface area contributed by atoms with Gasteiger partial charge >= 0.3 is 13.8 Å². The lowest BCUT2D eigenvalue weighted by Gasteiger charge is -2.20. The Bertz CT molecular complexity index is 1140. The first kappa shape index (κ1) is 51.4. The van der Waals surface area contributed by atoms with E-state index in [1.54, 1.807) is 0 Å². The molecular weight excluding hydrogens is 697 g/mol. The number of hydrogen-bond donors (Lipinski definition) is 2. The van der Waals surface area contributed by atoms with Crippen molar-refractivity contribution < 1.29 is 32.8 Å². The summed E-state index contributed by atoms with van der Waals surface area (Å²) in [5.74, 6) is -0.363. The van der Waals surface area contributed by atoms with E-state index < -0.39 is 13.9 Å². The highest BCUT2D eigenvalue weighted by atomic mass is 31.2. The Balaban J connectivity index is 4.16. The van der Waals surface area contributed by atoms with Gasteiger partial charge in [0.25, 0.3) is 0 Å². The van der Waals surface area contributed by atoms with Crippen LogP contribution in [0, 0.1) is 0 Å². The fraction of sp³-hybridized carbons (Fsp3) is 0.622. The van der Waals surface area contributed by atoms with Gasteiger partial charge in [-0.3, -0.25) is 13.8 Å². The number of nitrogens with two attached hydrogens (primary N) is 1. The third kappa shape index (κ3) is 40.6. The molecule has 0 aromatic heterocycles. The summed E-state index contributed by atoms with van der Waals surface area (Å²) in [6.07, 6.45) is 54.3. The van der Waals surface area contributed by atoms with Gasteiger partial charge < -0.3 is 20.1 Å². The summed E-state index contributed by atoms with van der Waals surface area (Å²) in [6.45, 7) is 4.60. The highest BCUT2D eigenvalue weighted by molar-refractivity contribution is 7.47. The molecule has 308 valence electrons. The van der Waals surface area contributed by atoms with E-state index >= 15 is 0 Å². The normalized spacial score (nSPS) is 14.5. The molecule has 0 aromatic carbocycles. The zero-order chi connectivity index (χ0) is 39.5. The minimum atomic E-state index is -4.29. The molecule has 0 aromatic rings. The fourth-order valence-electron chi connectivity index (χ4n) is 4.98. The van der Waals surface area contributed by atoms with Crippen LogP contribution in [0.2, 0.25) is 0 Å². The maximum atomic E-state index is 12.5. The molecule has 0 saturated heterocycles. The summed E-state index contributed by atoms with van der Waals surface area (Å²) in [4.78, 5) is 22.4. The van der Waals surface area contributed by atoms with Crippen LogP contribution < -0.4 is 5.73 Å². The van der Waals surface area contributed by atoms with Gasteiger partial charge in [0.2, 0.25) is 0 Å². The van der Waals surface area contributed by atoms with Crippen molar-refractivity contribution in [3.05, 3.63) is 97.2 Å². The molecule has 0 radical (unpaired) electrons. The van der Waals surface area contributed by atoms with Gasteiger partial charge in [0, 0.05) is 19.6 Å². The molecule has 0 fully saturated rings. The van der Waals surface area contributed by atoms with E-state index in [1.165, 1.54) is 6.42 Å². The number of hydrogen-bond acceptors (Lipinski definition) is 7. The maximum Gasteiger partial charge on any atom is 0.472 e. The summed E-state index contributed by atoms with van der Waals surface area (Å²) in [5.41, 5.74) is 5.36. The van der Waals surface area contributed by atoms with Gasteiger partial charge in [0.15, 0.2) is 0 Å². The van der Waals surface area contributed by atoms with Gasteiger partial charge in [-0.25, -0.2) is 4.57 Å². The number of unbranched alkanes of at least 4 members (excludes halogenated alkanes) is 9. The second-order valence-corrected chi connectivity index (χ2v) is 14.6. The largest absolute Gasteiger partial charge is 0.472 e. The van der Waals surface area contributed by atoms with Crippen molar-refractivity contribution in [3.63, 3.8) is 0 Å². The molecule has 0 amide bonds. The van der Waals surface area contributed by atoms with Crippen LogP contribution >= 0.6 is 7.82 Å². The number of esters is 1. The van der Waals surface area contributed by atoms with Gasteiger partial charge in [0.05, 0.1) is 19.8 Å². The van der Waals surface area contributed by atoms with Crippen LogP contribution in [0.25, 0.3) is 0 Å². The van der Waals surface area contributed by atoms with Crippen LogP contribution in [0.4, 0.5) is 0 Å². The monoisotopic (exact) mass is 774 g/mol. The molecule has 0 aliphatic carbocycles. The highest BCUT2D eigenvalue weighted by Gasteiger charge is 2.25. The van der Waals surface area contributed by atoms with Crippen molar-refractivity contribution in [2.45, 2.75) is 148 Å². The summed E-state index contributed by atoms with van der Waals surface area (Å²) in [7, 11) is -4.29.